The Morgan fingerprint density at radius 1 is 0.971 bits per heavy atom. The quantitative estimate of drug-likeness (QED) is 0.206. The summed E-state index contributed by atoms with van der Waals surface area (Å²) < 4.78 is 0. The van der Waals surface area contributed by atoms with Gasteiger partial charge < -0.3 is 0 Å². The molecule has 3 atom stereocenters. The molecule has 35 heavy (non-hydrogen) atoms. The minimum absolute atomic E-state index is 0.0175. The average molecular weight is 476 g/mol. The van der Waals surface area contributed by atoms with Gasteiger partial charge in [0.05, 0.1) is 16.8 Å². The number of ketones is 1. The number of rotatable bonds is 6. The van der Waals surface area contributed by atoms with Gasteiger partial charge >= 0.3 is 0 Å². The first kappa shape index (κ1) is 24.0. The Morgan fingerprint density at radius 2 is 1.54 bits per heavy atom. The molecule has 0 saturated carbocycles. The Hall–Kier alpha value is -4.14. The van der Waals surface area contributed by atoms with Gasteiger partial charge in [-0.3, -0.25) is 29.3 Å². The molecular formula is C26H25N3O6. The van der Waals surface area contributed by atoms with E-state index in [0.29, 0.717) is 18.4 Å². The van der Waals surface area contributed by atoms with E-state index in [9.17, 15) is 29.3 Å². The lowest BCUT2D eigenvalue weighted by atomic mass is 9.82. The SMILES string of the molecule is CC1=CC[C@@H]2C(=O)N(N(C(=O)c3ccc([N+](=O)[O-])cc3)[C@H](C)C(=O)c3ccc(C)cc3)C(=O)[C@@H]2C1. The van der Waals surface area contributed by atoms with E-state index < -0.39 is 46.3 Å². The number of hydrazine groups is 1. The van der Waals surface area contributed by atoms with Gasteiger partial charge in [0.25, 0.3) is 23.4 Å². The Bertz CT molecular complexity index is 1250. The van der Waals surface area contributed by atoms with Crippen molar-refractivity contribution in [2.24, 2.45) is 11.8 Å². The lowest BCUT2D eigenvalue weighted by Gasteiger charge is -2.34. The van der Waals surface area contributed by atoms with Crippen molar-refractivity contribution in [3.8, 4) is 0 Å². The van der Waals surface area contributed by atoms with E-state index >= 15 is 0 Å². The van der Waals surface area contributed by atoms with Crippen LogP contribution in [0.1, 0.15) is 53.0 Å². The summed E-state index contributed by atoms with van der Waals surface area (Å²) in [4.78, 5) is 64.2. The summed E-state index contributed by atoms with van der Waals surface area (Å²) in [6.45, 7) is 5.24. The fourth-order valence-electron chi connectivity index (χ4n) is 4.60. The third kappa shape index (κ3) is 4.37. The second-order valence-corrected chi connectivity index (χ2v) is 9.05. The average Bonchev–Trinajstić information content (AvgIpc) is 3.08. The topological polar surface area (TPSA) is 118 Å². The van der Waals surface area contributed by atoms with Crippen LogP contribution in [0, 0.1) is 28.9 Å². The first-order chi connectivity index (χ1) is 16.6. The standard InChI is InChI=1S/C26H25N3O6/c1-15-4-7-18(8-5-15)23(30)17(3)27(24(31)19-9-11-20(12-10-19)29(34)35)28-25(32)21-13-6-16(2)14-22(21)26(28)33/h4-12,17,21-22H,13-14H2,1-3H3/t17-,21+,22-/m1/s1. The molecule has 3 amide bonds. The van der Waals surface area contributed by atoms with Crippen molar-refractivity contribution in [2.45, 2.75) is 39.7 Å². The maximum absolute atomic E-state index is 13.7. The molecular weight excluding hydrogens is 450 g/mol. The summed E-state index contributed by atoms with van der Waals surface area (Å²) in [7, 11) is 0. The van der Waals surface area contributed by atoms with Crippen molar-refractivity contribution < 1.29 is 24.1 Å². The molecule has 0 bridgehead atoms. The summed E-state index contributed by atoms with van der Waals surface area (Å²) in [5.74, 6) is -3.45. The number of carbonyl (C=O) groups excluding carboxylic acids is 4. The Morgan fingerprint density at radius 3 is 2.14 bits per heavy atom. The van der Waals surface area contributed by atoms with Crippen molar-refractivity contribution in [3.63, 3.8) is 0 Å². The Kier molecular flexibility index (Phi) is 6.34. The predicted octanol–water partition coefficient (Wildman–Crippen LogP) is 3.87. The number of allylic oxidation sites excluding steroid dienone is 2. The minimum Gasteiger partial charge on any atom is -0.292 e. The number of hydrogen-bond donors (Lipinski definition) is 0. The number of amides is 3. The molecule has 2 aromatic carbocycles. The highest BCUT2D eigenvalue weighted by Gasteiger charge is 2.53. The molecule has 180 valence electrons. The van der Waals surface area contributed by atoms with Gasteiger partial charge in [0, 0.05) is 23.3 Å². The molecule has 2 aromatic rings. The van der Waals surface area contributed by atoms with Crippen LogP contribution in [-0.2, 0) is 9.59 Å². The number of imide groups is 1. The largest absolute Gasteiger partial charge is 0.292 e. The van der Waals surface area contributed by atoms with Gasteiger partial charge in [0.15, 0.2) is 5.78 Å². The normalized spacial score (nSPS) is 20.2. The number of Topliss-reactive ketones (excluding diaryl/α,β-unsaturated/α-hetero) is 1. The summed E-state index contributed by atoms with van der Waals surface area (Å²) in [6.07, 6.45) is 2.71. The molecule has 1 heterocycles. The number of nitro benzene ring substituents is 1. The smallest absolute Gasteiger partial charge is 0.273 e. The highest BCUT2D eigenvalue weighted by molar-refractivity contribution is 6.10. The number of non-ortho nitro benzene ring substituents is 1. The second kappa shape index (κ2) is 9.25. The zero-order valence-electron chi connectivity index (χ0n) is 19.6. The maximum Gasteiger partial charge on any atom is 0.273 e. The van der Waals surface area contributed by atoms with E-state index in [-0.39, 0.29) is 11.3 Å². The first-order valence-electron chi connectivity index (χ1n) is 11.3. The molecule has 0 radical (unpaired) electrons. The molecule has 0 N–H and O–H groups in total. The van der Waals surface area contributed by atoms with Gasteiger partial charge in [-0.2, -0.15) is 5.01 Å². The van der Waals surface area contributed by atoms with Crippen molar-refractivity contribution in [1.29, 1.82) is 0 Å². The number of fused-ring (bicyclic) bond motifs is 1. The number of aryl methyl sites for hydroxylation is 1. The highest BCUT2D eigenvalue weighted by Crippen LogP contribution is 2.39. The van der Waals surface area contributed by atoms with Crippen LogP contribution in [0.4, 0.5) is 5.69 Å². The first-order valence-corrected chi connectivity index (χ1v) is 11.3. The molecule has 4 rings (SSSR count). The maximum atomic E-state index is 13.7. The van der Waals surface area contributed by atoms with Crippen LogP contribution in [0.25, 0.3) is 0 Å². The van der Waals surface area contributed by atoms with Crippen molar-refractivity contribution in [1.82, 2.24) is 10.0 Å². The van der Waals surface area contributed by atoms with Gasteiger partial charge in [0.1, 0.15) is 6.04 Å². The van der Waals surface area contributed by atoms with Gasteiger partial charge in [-0.25, -0.2) is 5.01 Å². The summed E-state index contributed by atoms with van der Waals surface area (Å²) >= 11 is 0. The highest BCUT2D eigenvalue weighted by atomic mass is 16.6. The molecule has 2 aliphatic rings. The van der Waals surface area contributed by atoms with Crippen LogP contribution in [0.5, 0.6) is 0 Å². The number of hydrogen-bond acceptors (Lipinski definition) is 6. The van der Waals surface area contributed by atoms with E-state index in [1.54, 1.807) is 24.3 Å². The van der Waals surface area contributed by atoms with E-state index in [0.717, 1.165) is 21.2 Å². The fraction of sp³-hybridized carbons (Fsp3) is 0.308. The lowest BCUT2D eigenvalue weighted by molar-refractivity contribution is -0.384. The second-order valence-electron chi connectivity index (χ2n) is 9.05. The Labute approximate surface area is 202 Å². The van der Waals surface area contributed by atoms with Crippen molar-refractivity contribution >= 4 is 29.2 Å². The molecule has 9 heteroatoms. The molecule has 1 fully saturated rings. The van der Waals surface area contributed by atoms with Crippen LogP contribution in [0.15, 0.2) is 60.2 Å². The molecule has 1 aliphatic carbocycles. The third-order valence-corrected chi connectivity index (χ3v) is 6.63. The molecule has 0 spiro atoms. The molecule has 9 nitrogen and oxygen atoms in total. The van der Waals surface area contributed by atoms with Crippen LogP contribution in [-0.4, -0.2) is 44.5 Å². The van der Waals surface area contributed by atoms with Crippen LogP contribution in [0.2, 0.25) is 0 Å². The minimum atomic E-state index is -1.18. The predicted molar refractivity (Wildman–Crippen MR) is 126 cm³/mol. The molecule has 0 unspecified atom stereocenters. The molecule has 1 aliphatic heterocycles. The van der Waals surface area contributed by atoms with E-state index in [1.165, 1.54) is 31.2 Å². The van der Waals surface area contributed by atoms with Crippen LogP contribution >= 0.6 is 0 Å². The number of nitrogens with zero attached hydrogens (tertiary/aromatic N) is 3. The fourth-order valence-corrected chi connectivity index (χ4v) is 4.60. The van der Waals surface area contributed by atoms with Crippen LogP contribution in [0.3, 0.4) is 0 Å². The van der Waals surface area contributed by atoms with Gasteiger partial charge in [0.2, 0.25) is 0 Å². The molecule has 0 aromatic heterocycles. The zero-order chi connectivity index (χ0) is 25.4. The van der Waals surface area contributed by atoms with E-state index in [1.807, 2.05) is 19.9 Å². The number of benzene rings is 2. The molecule has 1 saturated heterocycles. The van der Waals surface area contributed by atoms with Crippen molar-refractivity contribution in [3.05, 3.63) is 87.0 Å². The number of nitro groups is 1. The Balaban J connectivity index is 1.74. The van der Waals surface area contributed by atoms with Gasteiger partial charge in [-0.05, 0) is 45.7 Å². The summed E-state index contributed by atoms with van der Waals surface area (Å²) in [5, 5.41) is 12.8. The monoisotopic (exact) mass is 475 g/mol. The lowest BCUT2D eigenvalue weighted by Crippen LogP contribution is -2.56. The third-order valence-electron chi connectivity index (χ3n) is 6.63. The van der Waals surface area contributed by atoms with Crippen molar-refractivity contribution in [2.75, 3.05) is 0 Å². The zero-order valence-corrected chi connectivity index (χ0v) is 19.6. The van der Waals surface area contributed by atoms with E-state index in [2.05, 4.69) is 0 Å². The van der Waals surface area contributed by atoms with E-state index in [4.69, 9.17) is 0 Å². The summed E-state index contributed by atoms with van der Waals surface area (Å²) in [6, 6.07) is 10.4. The summed E-state index contributed by atoms with van der Waals surface area (Å²) in [5.41, 5.74) is 2.08. The van der Waals surface area contributed by atoms with Crippen LogP contribution < -0.4 is 0 Å². The van der Waals surface area contributed by atoms with Gasteiger partial charge in [-0.15, -0.1) is 0 Å². The number of carbonyl (C=O) groups is 4. The van der Waals surface area contributed by atoms with Gasteiger partial charge in [-0.1, -0.05) is 41.5 Å².